The number of rotatable bonds is 5. The molecule has 1 N–H and O–H groups in total. The molecule has 0 amide bonds. The summed E-state index contributed by atoms with van der Waals surface area (Å²) < 4.78 is 1.09. The summed E-state index contributed by atoms with van der Waals surface area (Å²) in [4.78, 5) is 10.3. The number of benzene rings is 1. The highest BCUT2D eigenvalue weighted by atomic mass is 79.9. The van der Waals surface area contributed by atoms with Gasteiger partial charge in [0.05, 0.1) is 0 Å². The fraction of sp³-hybridized carbons (Fsp3) is 0.375. The largest absolute Gasteiger partial charge is 0.310 e. The highest BCUT2D eigenvalue weighted by Gasteiger charge is 2.20. The zero-order valence-corrected chi connectivity index (χ0v) is 14.6. The molecular weight excluding hydrogens is 346 g/mol. The maximum Gasteiger partial charge on any atom is 0.192 e. The van der Waals surface area contributed by atoms with Crippen molar-refractivity contribution < 1.29 is 0 Å². The van der Waals surface area contributed by atoms with Crippen LogP contribution in [0.4, 0.5) is 0 Å². The van der Waals surface area contributed by atoms with E-state index in [9.17, 15) is 0 Å². The molecule has 0 bridgehead atoms. The second kappa shape index (κ2) is 6.46. The standard InChI is InChI=1S/C16H18BrN3S/c1-10-7-11(2)20-16(19-10)21-15-8-13(17)4-3-12(15)9-18-14-5-6-14/h3-4,7-8,14,18H,5-6,9H2,1-2H3. The maximum absolute atomic E-state index is 4.52. The van der Waals surface area contributed by atoms with Crippen LogP contribution in [0.3, 0.4) is 0 Å². The van der Waals surface area contributed by atoms with Crippen LogP contribution in [-0.4, -0.2) is 16.0 Å². The van der Waals surface area contributed by atoms with Gasteiger partial charge in [0.2, 0.25) is 0 Å². The number of nitrogens with one attached hydrogen (secondary N) is 1. The van der Waals surface area contributed by atoms with Crippen LogP contribution in [0.2, 0.25) is 0 Å². The van der Waals surface area contributed by atoms with E-state index in [1.807, 2.05) is 19.9 Å². The number of hydrogen-bond donors (Lipinski definition) is 1. The third-order valence-electron chi connectivity index (χ3n) is 3.35. The Morgan fingerprint density at radius 1 is 1.19 bits per heavy atom. The molecule has 0 aliphatic heterocycles. The van der Waals surface area contributed by atoms with Crippen LogP contribution in [0.25, 0.3) is 0 Å². The molecule has 1 aliphatic carbocycles. The van der Waals surface area contributed by atoms with Crippen LogP contribution in [-0.2, 0) is 6.54 Å². The Morgan fingerprint density at radius 3 is 2.57 bits per heavy atom. The third kappa shape index (κ3) is 4.28. The van der Waals surface area contributed by atoms with E-state index in [1.165, 1.54) is 23.3 Å². The smallest absolute Gasteiger partial charge is 0.192 e. The minimum absolute atomic E-state index is 0.712. The van der Waals surface area contributed by atoms with Crippen molar-refractivity contribution in [2.24, 2.45) is 0 Å². The summed E-state index contributed by atoms with van der Waals surface area (Å²) in [7, 11) is 0. The molecule has 1 fully saturated rings. The average molecular weight is 364 g/mol. The fourth-order valence-electron chi connectivity index (χ4n) is 2.15. The molecule has 3 rings (SSSR count). The molecule has 1 aromatic heterocycles. The minimum Gasteiger partial charge on any atom is -0.310 e. The lowest BCUT2D eigenvalue weighted by atomic mass is 10.2. The van der Waals surface area contributed by atoms with Gasteiger partial charge in [0.1, 0.15) is 0 Å². The van der Waals surface area contributed by atoms with Crippen LogP contribution < -0.4 is 5.32 Å². The Hall–Kier alpha value is -0.910. The number of halogens is 1. The molecule has 3 nitrogen and oxygen atoms in total. The normalized spacial score (nSPS) is 14.4. The van der Waals surface area contributed by atoms with E-state index in [-0.39, 0.29) is 0 Å². The molecular formula is C16H18BrN3S. The van der Waals surface area contributed by atoms with E-state index in [2.05, 4.69) is 49.4 Å². The average Bonchev–Trinajstić information content (AvgIpc) is 3.20. The molecule has 0 spiro atoms. The lowest BCUT2D eigenvalue weighted by molar-refractivity contribution is 0.680. The van der Waals surface area contributed by atoms with Gasteiger partial charge in [-0.25, -0.2) is 9.97 Å². The predicted octanol–water partition coefficient (Wildman–Crippen LogP) is 4.26. The Labute approximate surface area is 138 Å². The molecule has 1 heterocycles. The van der Waals surface area contributed by atoms with Gasteiger partial charge in [-0.05, 0) is 62.2 Å². The molecule has 0 atom stereocenters. The van der Waals surface area contributed by atoms with Crippen molar-refractivity contribution in [2.75, 3.05) is 0 Å². The van der Waals surface area contributed by atoms with Crippen LogP contribution >= 0.6 is 27.7 Å². The second-order valence-electron chi connectivity index (χ2n) is 5.44. The van der Waals surface area contributed by atoms with Crippen LogP contribution in [0, 0.1) is 13.8 Å². The van der Waals surface area contributed by atoms with E-state index >= 15 is 0 Å². The quantitative estimate of drug-likeness (QED) is 0.805. The minimum atomic E-state index is 0.712. The van der Waals surface area contributed by atoms with Gasteiger partial charge in [-0.1, -0.05) is 22.0 Å². The molecule has 21 heavy (non-hydrogen) atoms. The Balaban J connectivity index is 1.83. The monoisotopic (exact) mass is 363 g/mol. The summed E-state index contributed by atoms with van der Waals surface area (Å²) in [6.07, 6.45) is 2.61. The molecule has 5 heteroatoms. The van der Waals surface area contributed by atoms with Gasteiger partial charge in [-0.15, -0.1) is 0 Å². The van der Waals surface area contributed by atoms with E-state index < -0.39 is 0 Å². The van der Waals surface area contributed by atoms with Crippen LogP contribution in [0.5, 0.6) is 0 Å². The Kier molecular flexibility index (Phi) is 4.62. The van der Waals surface area contributed by atoms with Gasteiger partial charge in [-0.2, -0.15) is 0 Å². The molecule has 1 saturated carbocycles. The third-order valence-corrected chi connectivity index (χ3v) is 4.81. The summed E-state index contributed by atoms with van der Waals surface area (Å²) in [6.45, 7) is 4.93. The number of aryl methyl sites for hydroxylation is 2. The molecule has 2 aromatic rings. The zero-order valence-electron chi connectivity index (χ0n) is 12.2. The van der Waals surface area contributed by atoms with Gasteiger partial charge in [0, 0.05) is 33.3 Å². The number of hydrogen-bond acceptors (Lipinski definition) is 4. The van der Waals surface area contributed by atoms with E-state index in [0.29, 0.717) is 6.04 Å². The lowest BCUT2D eigenvalue weighted by Gasteiger charge is -2.10. The summed E-state index contributed by atoms with van der Waals surface area (Å²) in [5, 5.41) is 4.39. The molecule has 110 valence electrons. The van der Waals surface area contributed by atoms with Gasteiger partial charge in [-0.3, -0.25) is 0 Å². The van der Waals surface area contributed by atoms with Gasteiger partial charge in [0.25, 0.3) is 0 Å². The summed E-state index contributed by atoms with van der Waals surface area (Å²) >= 11 is 5.19. The molecule has 1 aliphatic rings. The summed E-state index contributed by atoms with van der Waals surface area (Å²) in [6, 6.07) is 9.13. The van der Waals surface area contributed by atoms with Crippen molar-refractivity contribution in [1.29, 1.82) is 0 Å². The molecule has 0 unspecified atom stereocenters. The number of aromatic nitrogens is 2. The number of nitrogens with zero attached hydrogens (tertiary/aromatic N) is 2. The van der Waals surface area contributed by atoms with E-state index in [4.69, 9.17) is 0 Å². The lowest BCUT2D eigenvalue weighted by Crippen LogP contribution is -2.15. The zero-order chi connectivity index (χ0) is 14.8. The van der Waals surface area contributed by atoms with Crippen LogP contribution in [0.1, 0.15) is 29.8 Å². The first-order valence-electron chi connectivity index (χ1n) is 7.12. The Bertz CT molecular complexity index is 636. The van der Waals surface area contributed by atoms with E-state index in [1.54, 1.807) is 11.8 Å². The predicted molar refractivity (Wildman–Crippen MR) is 89.6 cm³/mol. The van der Waals surface area contributed by atoms with Crippen molar-refractivity contribution in [1.82, 2.24) is 15.3 Å². The van der Waals surface area contributed by atoms with Crippen molar-refractivity contribution in [3.63, 3.8) is 0 Å². The topological polar surface area (TPSA) is 37.8 Å². The van der Waals surface area contributed by atoms with Crippen molar-refractivity contribution >= 4 is 27.7 Å². The van der Waals surface area contributed by atoms with Crippen molar-refractivity contribution in [3.8, 4) is 0 Å². The van der Waals surface area contributed by atoms with Crippen molar-refractivity contribution in [2.45, 2.75) is 49.3 Å². The summed E-state index contributed by atoms with van der Waals surface area (Å²) in [5.74, 6) is 0. The summed E-state index contributed by atoms with van der Waals surface area (Å²) in [5.41, 5.74) is 3.33. The van der Waals surface area contributed by atoms with Gasteiger partial charge in [0.15, 0.2) is 5.16 Å². The van der Waals surface area contributed by atoms with E-state index in [0.717, 1.165) is 27.6 Å². The fourth-order valence-corrected chi connectivity index (χ4v) is 3.69. The first-order valence-corrected chi connectivity index (χ1v) is 8.73. The maximum atomic E-state index is 4.52. The van der Waals surface area contributed by atoms with Gasteiger partial charge < -0.3 is 5.32 Å². The van der Waals surface area contributed by atoms with Crippen LogP contribution in [0.15, 0.2) is 38.8 Å². The first kappa shape index (κ1) is 15.0. The molecule has 0 radical (unpaired) electrons. The molecule has 1 aromatic carbocycles. The molecule has 0 saturated heterocycles. The SMILES string of the molecule is Cc1cc(C)nc(Sc2cc(Br)ccc2CNC2CC2)n1. The van der Waals surface area contributed by atoms with Crippen molar-refractivity contribution in [3.05, 3.63) is 45.7 Å². The van der Waals surface area contributed by atoms with Gasteiger partial charge >= 0.3 is 0 Å². The second-order valence-corrected chi connectivity index (χ2v) is 7.37. The first-order chi connectivity index (χ1) is 10.1. The Morgan fingerprint density at radius 2 is 1.90 bits per heavy atom. The highest BCUT2D eigenvalue weighted by Crippen LogP contribution is 2.31. The highest BCUT2D eigenvalue weighted by molar-refractivity contribution is 9.10.